The molecule has 1 saturated heterocycles. The Morgan fingerprint density at radius 2 is 1.83 bits per heavy atom. The van der Waals surface area contributed by atoms with Crippen LogP contribution in [0.2, 0.25) is 0 Å². The summed E-state index contributed by atoms with van der Waals surface area (Å²) >= 11 is 6.00. The van der Waals surface area contributed by atoms with Gasteiger partial charge in [-0.1, -0.05) is 25.1 Å². The first-order chi connectivity index (χ1) is 8.72. The first kappa shape index (κ1) is 13.2. The Bertz CT molecular complexity index is 388. The topological polar surface area (TPSA) is 23.6 Å². The summed E-state index contributed by atoms with van der Waals surface area (Å²) in [7, 11) is 0. The van der Waals surface area contributed by atoms with Gasteiger partial charge in [0.15, 0.2) is 0 Å². The summed E-state index contributed by atoms with van der Waals surface area (Å²) in [5, 5.41) is -0.367. The molecule has 1 amide bonds. The maximum Gasteiger partial charge on any atom is 0.240 e. The monoisotopic (exact) mass is 266 g/mol. The molecule has 3 nitrogen and oxygen atoms in total. The Kier molecular flexibility index (Phi) is 4.48. The van der Waals surface area contributed by atoms with Crippen molar-refractivity contribution >= 4 is 23.2 Å². The van der Waals surface area contributed by atoms with Crippen molar-refractivity contribution < 1.29 is 4.79 Å². The Morgan fingerprint density at radius 3 is 2.39 bits per heavy atom. The van der Waals surface area contributed by atoms with Gasteiger partial charge in [0.1, 0.15) is 5.38 Å². The van der Waals surface area contributed by atoms with Crippen molar-refractivity contribution in [1.29, 1.82) is 0 Å². The van der Waals surface area contributed by atoms with Gasteiger partial charge >= 0.3 is 0 Å². The number of nitrogens with zero attached hydrogens (tertiary/aromatic N) is 2. The lowest BCUT2D eigenvalue weighted by molar-refractivity contribution is -0.131. The van der Waals surface area contributed by atoms with Crippen LogP contribution in [0.1, 0.15) is 13.3 Å². The molecule has 1 fully saturated rings. The number of halogens is 1. The molecule has 1 heterocycles. The number of carbonyl (C=O) groups excluding carboxylic acids is 1. The second kappa shape index (κ2) is 6.10. The lowest BCUT2D eigenvalue weighted by Crippen LogP contribution is -2.50. The number of rotatable bonds is 3. The zero-order chi connectivity index (χ0) is 13.0. The molecule has 0 bridgehead atoms. The summed E-state index contributed by atoms with van der Waals surface area (Å²) in [5.41, 5.74) is 1.22. The number of alkyl halides is 1. The van der Waals surface area contributed by atoms with E-state index >= 15 is 0 Å². The number of carbonyl (C=O) groups is 1. The fourth-order valence-corrected chi connectivity index (χ4v) is 2.33. The molecular formula is C14H19ClN2O. The number of para-hydroxylation sites is 1. The molecular weight excluding hydrogens is 248 g/mol. The number of anilines is 1. The van der Waals surface area contributed by atoms with E-state index in [1.54, 1.807) is 0 Å². The highest BCUT2D eigenvalue weighted by molar-refractivity contribution is 6.30. The summed E-state index contributed by atoms with van der Waals surface area (Å²) in [6.45, 7) is 5.22. The van der Waals surface area contributed by atoms with Crippen LogP contribution in [0.5, 0.6) is 0 Å². The van der Waals surface area contributed by atoms with Gasteiger partial charge in [0.25, 0.3) is 0 Å². The Hall–Kier alpha value is -1.22. The van der Waals surface area contributed by atoms with E-state index in [2.05, 4.69) is 17.0 Å². The predicted molar refractivity (Wildman–Crippen MR) is 75.2 cm³/mol. The van der Waals surface area contributed by atoms with Gasteiger partial charge in [0.05, 0.1) is 0 Å². The molecule has 1 aromatic rings. The number of amides is 1. The van der Waals surface area contributed by atoms with Gasteiger partial charge in [0, 0.05) is 31.9 Å². The normalized spacial score (nSPS) is 17.7. The molecule has 0 aromatic heterocycles. The van der Waals surface area contributed by atoms with Crippen LogP contribution in [-0.2, 0) is 4.79 Å². The quantitative estimate of drug-likeness (QED) is 0.784. The van der Waals surface area contributed by atoms with E-state index in [0.29, 0.717) is 6.42 Å². The first-order valence-electron chi connectivity index (χ1n) is 6.45. The van der Waals surface area contributed by atoms with Crippen molar-refractivity contribution in [3.63, 3.8) is 0 Å². The van der Waals surface area contributed by atoms with Gasteiger partial charge in [-0.2, -0.15) is 0 Å². The van der Waals surface area contributed by atoms with E-state index in [4.69, 9.17) is 11.6 Å². The van der Waals surface area contributed by atoms with E-state index in [9.17, 15) is 4.79 Å². The minimum Gasteiger partial charge on any atom is -0.368 e. The largest absolute Gasteiger partial charge is 0.368 e. The Balaban J connectivity index is 1.90. The number of benzene rings is 1. The third-order valence-electron chi connectivity index (χ3n) is 3.34. The van der Waals surface area contributed by atoms with Crippen molar-refractivity contribution in [3.05, 3.63) is 30.3 Å². The molecule has 98 valence electrons. The zero-order valence-corrected chi connectivity index (χ0v) is 11.4. The number of hydrogen-bond donors (Lipinski definition) is 0. The first-order valence-corrected chi connectivity index (χ1v) is 6.89. The minimum absolute atomic E-state index is 0.0758. The van der Waals surface area contributed by atoms with Crippen LogP contribution in [0.25, 0.3) is 0 Å². The predicted octanol–water partition coefficient (Wildman–Crippen LogP) is 2.35. The molecule has 1 unspecified atom stereocenters. The highest BCUT2D eigenvalue weighted by Gasteiger charge is 2.24. The van der Waals surface area contributed by atoms with Gasteiger partial charge in [-0.25, -0.2) is 0 Å². The second-order valence-electron chi connectivity index (χ2n) is 4.52. The van der Waals surface area contributed by atoms with Crippen LogP contribution >= 0.6 is 11.6 Å². The summed E-state index contributed by atoms with van der Waals surface area (Å²) < 4.78 is 0. The Labute approximate surface area is 113 Å². The van der Waals surface area contributed by atoms with Crippen LogP contribution in [0.3, 0.4) is 0 Å². The van der Waals surface area contributed by atoms with Crippen molar-refractivity contribution in [2.45, 2.75) is 18.7 Å². The van der Waals surface area contributed by atoms with E-state index in [-0.39, 0.29) is 11.3 Å². The zero-order valence-electron chi connectivity index (χ0n) is 10.7. The highest BCUT2D eigenvalue weighted by atomic mass is 35.5. The standard InChI is InChI=1S/C14H19ClN2O/c1-2-13(15)14(18)17-10-8-16(9-11-17)12-6-4-3-5-7-12/h3-7,13H,2,8-11H2,1H3. The molecule has 0 saturated carbocycles. The van der Waals surface area contributed by atoms with Gasteiger partial charge in [-0.3, -0.25) is 4.79 Å². The van der Waals surface area contributed by atoms with Gasteiger partial charge in [-0.15, -0.1) is 11.6 Å². The highest BCUT2D eigenvalue weighted by Crippen LogP contribution is 2.16. The van der Waals surface area contributed by atoms with Gasteiger partial charge < -0.3 is 9.80 Å². The summed E-state index contributed by atoms with van der Waals surface area (Å²) in [6.07, 6.45) is 0.694. The van der Waals surface area contributed by atoms with Gasteiger partial charge in [-0.05, 0) is 18.6 Å². The molecule has 1 atom stereocenters. The maximum atomic E-state index is 11.9. The third kappa shape index (κ3) is 2.96. The molecule has 1 aliphatic heterocycles. The van der Waals surface area contributed by atoms with Crippen LogP contribution in [-0.4, -0.2) is 42.4 Å². The van der Waals surface area contributed by atoms with E-state index in [1.165, 1.54) is 5.69 Å². The minimum atomic E-state index is -0.367. The van der Waals surface area contributed by atoms with Crippen LogP contribution < -0.4 is 4.90 Å². The Morgan fingerprint density at radius 1 is 1.22 bits per heavy atom. The molecule has 1 aromatic carbocycles. The smallest absolute Gasteiger partial charge is 0.240 e. The van der Waals surface area contributed by atoms with E-state index < -0.39 is 0 Å². The van der Waals surface area contributed by atoms with Crippen LogP contribution in [0, 0.1) is 0 Å². The lowest BCUT2D eigenvalue weighted by Gasteiger charge is -2.36. The number of hydrogen-bond acceptors (Lipinski definition) is 2. The summed E-state index contributed by atoms with van der Waals surface area (Å²) in [6, 6.07) is 10.3. The number of piperazine rings is 1. The molecule has 1 aliphatic rings. The van der Waals surface area contributed by atoms with Gasteiger partial charge in [0.2, 0.25) is 5.91 Å². The van der Waals surface area contributed by atoms with Crippen molar-refractivity contribution in [2.75, 3.05) is 31.1 Å². The average Bonchev–Trinajstić information content (AvgIpc) is 2.47. The summed E-state index contributed by atoms with van der Waals surface area (Å²) in [4.78, 5) is 16.1. The molecule has 0 N–H and O–H groups in total. The molecule has 18 heavy (non-hydrogen) atoms. The third-order valence-corrected chi connectivity index (χ3v) is 3.83. The van der Waals surface area contributed by atoms with Crippen LogP contribution in [0.4, 0.5) is 5.69 Å². The summed E-state index contributed by atoms with van der Waals surface area (Å²) in [5.74, 6) is 0.0758. The fourth-order valence-electron chi connectivity index (χ4n) is 2.20. The maximum absolute atomic E-state index is 11.9. The van der Waals surface area contributed by atoms with Crippen molar-refractivity contribution in [2.24, 2.45) is 0 Å². The second-order valence-corrected chi connectivity index (χ2v) is 5.05. The van der Waals surface area contributed by atoms with Crippen LogP contribution in [0.15, 0.2) is 30.3 Å². The van der Waals surface area contributed by atoms with E-state index in [0.717, 1.165) is 26.2 Å². The lowest BCUT2D eigenvalue weighted by atomic mass is 10.2. The average molecular weight is 267 g/mol. The van der Waals surface area contributed by atoms with Crippen molar-refractivity contribution in [1.82, 2.24) is 4.90 Å². The van der Waals surface area contributed by atoms with E-state index in [1.807, 2.05) is 30.0 Å². The molecule has 0 spiro atoms. The SMILES string of the molecule is CCC(Cl)C(=O)N1CCN(c2ccccc2)CC1. The molecule has 0 aliphatic carbocycles. The molecule has 2 rings (SSSR count). The van der Waals surface area contributed by atoms with Crippen molar-refractivity contribution in [3.8, 4) is 0 Å². The molecule has 0 radical (unpaired) electrons. The molecule has 4 heteroatoms. The fraction of sp³-hybridized carbons (Fsp3) is 0.500.